The fourth-order valence-electron chi connectivity index (χ4n) is 3.23. The number of hydrogen-bond donors (Lipinski definition) is 2. The summed E-state index contributed by atoms with van der Waals surface area (Å²) in [6.07, 6.45) is 1.73. The van der Waals surface area contributed by atoms with Crippen LogP contribution in [-0.2, 0) is 11.5 Å². The van der Waals surface area contributed by atoms with Crippen LogP contribution in [0.2, 0.25) is 5.02 Å². The molecular formula is C20H28ClN5OS. The summed E-state index contributed by atoms with van der Waals surface area (Å²) in [6, 6.07) is 7.72. The second kappa shape index (κ2) is 9.20. The van der Waals surface area contributed by atoms with Crippen molar-refractivity contribution in [3.8, 4) is 11.4 Å². The maximum Gasteiger partial charge on any atom is 0.223 e. The lowest BCUT2D eigenvalue weighted by atomic mass is 9.95. The van der Waals surface area contributed by atoms with E-state index in [1.807, 2.05) is 28.9 Å². The summed E-state index contributed by atoms with van der Waals surface area (Å²) < 4.78 is 2.40. The zero-order valence-corrected chi connectivity index (χ0v) is 18.2. The van der Waals surface area contributed by atoms with E-state index in [4.69, 9.17) is 23.8 Å². The molecule has 1 unspecified atom stereocenters. The maximum absolute atomic E-state index is 12.4. The fourth-order valence-corrected chi connectivity index (χ4v) is 3.56. The third kappa shape index (κ3) is 5.21. The highest BCUT2D eigenvalue weighted by Crippen LogP contribution is 2.20. The number of H-pyrrole nitrogens is 1. The lowest BCUT2D eigenvalue weighted by molar-refractivity contribution is -0.127. The minimum absolute atomic E-state index is 0.0943. The average molecular weight is 422 g/mol. The highest BCUT2D eigenvalue weighted by atomic mass is 35.5. The molecule has 0 spiro atoms. The first-order chi connectivity index (χ1) is 13.3. The van der Waals surface area contributed by atoms with Crippen LogP contribution in [0.4, 0.5) is 0 Å². The summed E-state index contributed by atoms with van der Waals surface area (Å²) in [4.78, 5) is 19.2. The van der Waals surface area contributed by atoms with Crippen molar-refractivity contribution in [2.24, 2.45) is 11.8 Å². The fraction of sp³-hybridized carbons (Fsp3) is 0.550. The van der Waals surface area contributed by atoms with Crippen LogP contribution >= 0.6 is 23.8 Å². The van der Waals surface area contributed by atoms with Crippen LogP contribution in [0.25, 0.3) is 11.4 Å². The molecule has 1 fully saturated rings. The molecule has 2 heterocycles. The summed E-state index contributed by atoms with van der Waals surface area (Å²) in [6.45, 7) is 8.70. The molecule has 8 heteroatoms. The van der Waals surface area contributed by atoms with Gasteiger partial charge in [-0.15, -0.1) is 0 Å². The van der Waals surface area contributed by atoms with Gasteiger partial charge in [-0.25, -0.2) is 4.68 Å². The molecule has 152 valence electrons. The number of rotatable bonds is 6. The molecule has 1 aliphatic heterocycles. The Hall–Kier alpha value is -1.70. The van der Waals surface area contributed by atoms with Gasteiger partial charge < -0.3 is 5.32 Å². The van der Waals surface area contributed by atoms with E-state index in [0.29, 0.717) is 22.4 Å². The minimum Gasteiger partial charge on any atom is -0.353 e. The zero-order chi connectivity index (χ0) is 20.3. The Bertz CT molecular complexity index is 852. The first-order valence-electron chi connectivity index (χ1n) is 9.79. The van der Waals surface area contributed by atoms with Gasteiger partial charge in [-0.05, 0) is 62.2 Å². The largest absolute Gasteiger partial charge is 0.353 e. The number of benzene rings is 1. The maximum atomic E-state index is 12.4. The molecule has 3 rings (SSSR count). The first kappa shape index (κ1) is 21.0. The molecule has 28 heavy (non-hydrogen) atoms. The first-order valence-corrected chi connectivity index (χ1v) is 10.6. The summed E-state index contributed by atoms with van der Waals surface area (Å²) in [5.74, 6) is 1.46. The van der Waals surface area contributed by atoms with Crippen molar-refractivity contribution in [2.45, 2.75) is 46.3 Å². The van der Waals surface area contributed by atoms with Crippen molar-refractivity contribution in [3.05, 3.63) is 34.1 Å². The van der Waals surface area contributed by atoms with Gasteiger partial charge in [0, 0.05) is 35.6 Å². The molecule has 1 atom stereocenters. The molecule has 6 nitrogen and oxygen atoms in total. The van der Waals surface area contributed by atoms with Gasteiger partial charge in [0.15, 0.2) is 5.82 Å². The van der Waals surface area contributed by atoms with Gasteiger partial charge in [0.05, 0.1) is 6.67 Å². The monoisotopic (exact) mass is 421 g/mol. The quantitative estimate of drug-likeness (QED) is 0.689. The van der Waals surface area contributed by atoms with Crippen LogP contribution in [0, 0.1) is 16.6 Å². The van der Waals surface area contributed by atoms with Gasteiger partial charge in [0.25, 0.3) is 0 Å². The Labute approximate surface area is 176 Å². The zero-order valence-electron chi connectivity index (χ0n) is 16.6. The van der Waals surface area contributed by atoms with Crippen LogP contribution in [0.1, 0.15) is 33.6 Å². The molecule has 1 aromatic carbocycles. The van der Waals surface area contributed by atoms with Crippen molar-refractivity contribution >= 4 is 29.7 Å². The molecule has 0 aliphatic carbocycles. The molecule has 0 saturated carbocycles. The summed E-state index contributed by atoms with van der Waals surface area (Å²) in [7, 11) is 0. The Morgan fingerprint density at radius 2 is 1.93 bits per heavy atom. The van der Waals surface area contributed by atoms with Crippen LogP contribution in [-0.4, -0.2) is 44.7 Å². The van der Waals surface area contributed by atoms with E-state index in [1.165, 1.54) is 0 Å². The lowest BCUT2D eigenvalue weighted by Crippen LogP contribution is -2.44. The SMILES string of the molecule is CC(C)C(C)NC(=O)C1CCN(Cn2[nH]c(-c3ccc(Cl)cc3)nc2=S)CC1. The van der Waals surface area contributed by atoms with E-state index in [0.717, 1.165) is 37.3 Å². The second-order valence-corrected chi connectivity index (χ2v) is 8.67. The number of aromatic nitrogens is 3. The molecule has 0 radical (unpaired) electrons. The summed E-state index contributed by atoms with van der Waals surface area (Å²) >= 11 is 11.4. The van der Waals surface area contributed by atoms with Gasteiger partial charge in [-0.2, -0.15) is 4.98 Å². The number of piperidine rings is 1. The number of likely N-dealkylation sites (tertiary alicyclic amines) is 1. The van der Waals surface area contributed by atoms with E-state index >= 15 is 0 Å². The number of nitrogens with zero attached hydrogens (tertiary/aromatic N) is 3. The van der Waals surface area contributed by atoms with Crippen LogP contribution in [0.5, 0.6) is 0 Å². The van der Waals surface area contributed by atoms with Crippen LogP contribution in [0.3, 0.4) is 0 Å². The third-order valence-electron chi connectivity index (χ3n) is 5.47. The number of amides is 1. The number of carbonyl (C=O) groups excluding carboxylic acids is 1. The van der Waals surface area contributed by atoms with E-state index in [-0.39, 0.29) is 17.9 Å². The van der Waals surface area contributed by atoms with Gasteiger partial charge in [0.1, 0.15) is 0 Å². The number of aromatic amines is 1. The molecule has 0 bridgehead atoms. The average Bonchev–Trinajstić information content (AvgIpc) is 3.03. The molecule has 1 aromatic heterocycles. The normalized spacial score (nSPS) is 17.0. The van der Waals surface area contributed by atoms with E-state index in [2.05, 4.69) is 41.1 Å². The Balaban J connectivity index is 1.56. The highest BCUT2D eigenvalue weighted by Gasteiger charge is 2.26. The molecule has 2 aromatic rings. The van der Waals surface area contributed by atoms with Crippen molar-refractivity contribution < 1.29 is 4.79 Å². The van der Waals surface area contributed by atoms with Crippen LogP contribution < -0.4 is 5.32 Å². The van der Waals surface area contributed by atoms with Crippen molar-refractivity contribution in [1.29, 1.82) is 0 Å². The molecular weight excluding hydrogens is 394 g/mol. The van der Waals surface area contributed by atoms with E-state index in [9.17, 15) is 4.79 Å². The molecule has 1 amide bonds. The number of hydrogen-bond acceptors (Lipinski definition) is 4. The van der Waals surface area contributed by atoms with Gasteiger partial charge >= 0.3 is 0 Å². The topological polar surface area (TPSA) is 66.0 Å². The predicted molar refractivity (Wildman–Crippen MR) is 115 cm³/mol. The van der Waals surface area contributed by atoms with Crippen molar-refractivity contribution in [3.63, 3.8) is 0 Å². The van der Waals surface area contributed by atoms with Gasteiger partial charge in [-0.1, -0.05) is 25.4 Å². The van der Waals surface area contributed by atoms with Crippen molar-refractivity contribution in [1.82, 2.24) is 25.0 Å². The minimum atomic E-state index is 0.0943. The summed E-state index contributed by atoms with van der Waals surface area (Å²) in [5, 5.41) is 7.11. The van der Waals surface area contributed by atoms with Crippen molar-refractivity contribution in [2.75, 3.05) is 13.1 Å². The second-order valence-electron chi connectivity index (χ2n) is 7.86. The molecule has 1 saturated heterocycles. The van der Waals surface area contributed by atoms with Crippen LogP contribution in [0.15, 0.2) is 24.3 Å². The smallest absolute Gasteiger partial charge is 0.223 e. The third-order valence-corrected chi connectivity index (χ3v) is 6.03. The summed E-state index contributed by atoms with van der Waals surface area (Å²) in [5.41, 5.74) is 0.948. The predicted octanol–water partition coefficient (Wildman–Crippen LogP) is 4.09. The number of carbonyl (C=O) groups is 1. The lowest BCUT2D eigenvalue weighted by Gasteiger charge is -2.32. The Kier molecular flexibility index (Phi) is 6.91. The Morgan fingerprint density at radius 1 is 1.29 bits per heavy atom. The van der Waals surface area contributed by atoms with E-state index < -0.39 is 0 Å². The number of halogens is 1. The Morgan fingerprint density at radius 3 is 2.54 bits per heavy atom. The molecule has 1 aliphatic rings. The number of nitrogens with one attached hydrogen (secondary N) is 2. The highest BCUT2D eigenvalue weighted by molar-refractivity contribution is 7.71. The standard InChI is InChI=1S/C20H28ClN5OS/c1-13(2)14(3)22-19(27)16-8-10-25(11-9-16)12-26-20(28)23-18(24-26)15-4-6-17(21)7-5-15/h4-7,13-14,16H,8-12H2,1-3H3,(H,22,27)(H,23,24,28). The van der Waals surface area contributed by atoms with Gasteiger partial charge in [0.2, 0.25) is 10.7 Å². The van der Waals surface area contributed by atoms with Gasteiger partial charge in [-0.3, -0.25) is 14.8 Å². The molecule has 2 N–H and O–H groups in total. The van der Waals surface area contributed by atoms with E-state index in [1.54, 1.807) is 0 Å².